The number of rotatable bonds is 8. The van der Waals surface area contributed by atoms with Gasteiger partial charge in [-0.05, 0) is 36.8 Å². The number of benzene rings is 2. The molecule has 1 unspecified atom stereocenters. The predicted octanol–water partition coefficient (Wildman–Crippen LogP) is 2.27. The van der Waals surface area contributed by atoms with E-state index in [-0.39, 0.29) is 18.6 Å². The molecule has 0 aliphatic carbocycles. The fourth-order valence-corrected chi connectivity index (χ4v) is 2.42. The molecule has 6 nitrogen and oxygen atoms in total. The van der Waals surface area contributed by atoms with Crippen molar-refractivity contribution in [1.29, 1.82) is 0 Å². The van der Waals surface area contributed by atoms with Gasteiger partial charge in [0.2, 0.25) is 0 Å². The molecule has 0 aromatic heterocycles. The third-order valence-electron chi connectivity index (χ3n) is 3.76. The third kappa shape index (κ3) is 4.87. The minimum Gasteiger partial charge on any atom is -0.497 e. The second-order valence-corrected chi connectivity index (χ2v) is 5.40. The lowest BCUT2D eigenvalue weighted by atomic mass is 9.98. The van der Waals surface area contributed by atoms with Crippen molar-refractivity contribution in [1.82, 2.24) is 5.32 Å². The topological polar surface area (TPSA) is 82.8 Å². The maximum Gasteiger partial charge on any atom is 0.257 e. The Balaban J connectivity index is 2.10. The largest absolute Gasteiger partial charge is 0.497 e. The zero-order valence-electron chi connectivity index (χ0n) is 14.7. The molecule has 0 saturated carbocycles. The van der Waals surface area contributed by atoms with E-state index in [1.54, 1.807) is 32.4 Å². The maximum absolute atomic E-state index is 11.4. The summed E-state index contributed by atoms with van der Waals surface area (Å²) in [7, 11) is 3.21. The molecule has 2 aromatic carbocycles. The van der Waals surface area contributed by atoms with Crippen molar-refractivity contribution in [2.24, 2.45) is 5.73 Å². The number of amides is 1. The highest BCUT2D eigenvalue weighted by Crippen LogP contribution is 2.32. The molecule has 0 heterocycles. The van der Waals surface area contributed by atoms with Crippen molar-refractivity contribution < 1.29 is 19.0 Å². The van der Waals surface area contributed by atoms with Gasteiger partial charge in [0.05, 0.1) is 20.3 Å². The van der Waals surface area contributed by atoms with Gasteiger partial charge in [0.1, 0.15) is 17.2 Å². The Bertz CT molecular complexity index is 701. The zero-order valence-corrected chi connectivity index (χ0v) is 14.7. The minimum absolute atomic E-state index is 0.00839. The van der Waals surface area contributed by atoms with E-state index in [1.807, 2.05) is 31.2 Å². The van der Waals surface area contributed by atoms with Crippen LogP contribution in [0.25, 0.3) is 0 Å². The maximum atomic E-state index is 11.4. The number of carbonyl (C=O) groups excluding carboxylic acids is 1. The van der Waals surface area contributed by atoms with E-state index in [4.69, 9.17) is 19.9 Å². The Morgan fingerprint density at radius 3 is 2.36 bits per heavy atom. The lowest BCUT2D eigenvalue weighted by Gasteiger charge is -2.17. The quantitative estimate of drug-likeness (QED) is 0.767. The van der Waals surface area contributed by atoms with Gasteiger partial charge in [0, 0.05) is 18.2 Å². The SMILES string of the molecule is CCNC(=O)COc1ccc(C(N)c2ccc(OC)cc2OC)cc1. The molecular formula is C19H24N2O4. The first-order chi connectivity index (χ1) is 12.1. The minimum atomic E-state index is -0.349. The molecule has 134 valence electrons. The molecule has 0 fully saturated rings. The van der Waals surface area contributed by atoms with Gasteiger partial charge >= 0.3 is 0 Å². The summed E-state index contributed by atoms with van der Waals surface area (Å²) < 4.78 is 16.1. The fourth-order valence-electron chi connectivity index (χ4n) is 2.42. The van der Waals surface area contributed by atoms with E-state index >= 15 is 0 Å². The van der Waals surface area contributed by atoms with E-state index < -0.39 is 0 Å². The molecule has 0 bridgehead atoms. The number of hydrogen-bond donors (Lipinski definition) is 2. The standard InChI is InChI=1S/C19H24N2O4/c1-4-21-18(22)12-25-14-7-5-13(6-8-14)19(20)16-10-9-15(23-2)11-17(16)24-3/h5-11,19H,4,12,20H2,1-3H3,(H,21,22). The van der Waals surface area contributed by atoms with Crippen LogP contribution >= 0.6 is 0 Å². The van der Waals surface area contributed by atoms with Crippen molar-refractivity contribution >= 4 is 5.91 Å². The average Bonchev–Trinajstić information content (AvgIpc) is 2.66. The number of methoxy groups -OCH3 is 2. The summed E-state index contributed by atoms with van der Waals surface area (Å²) >= 11 is 0. The van der Waals surface area contributed by atoms with Crippen molar-refractivity contribution in [2.75, 3.05) is 27.4 Å². The number of carbonyl (C=O) groups is 1. The van der Waals surface area contributed by atoms with Crippen LogP contribution in [-0.4, -0.2) is 33.3 Å². The Morgan fingerprint density at radius 2 is 1.76 bits per heavy atom. The number of nitrogens with one attached hydrogen (secondary N) is 1. The Morgan fingerprint density at radius 1 is 1.08 bits per heavy atom. The van der Waals surface area contributed by atoms with Gasteiger partial charge in [-0.1, -0.05) is 12.1 Å². The number of likely N-dealkylation sites (N-methyl/N-ethyl adjacent to an activating group) is 1. The van der Waals surface area contributed by atoms with Gasteiger partial charge in [0.25, 0.3) is 5.91 Å². The first-order valence-electron chi connectivity index (χ1n) is 8.06. The lowest BCUT2D eigenvalue weighted by Crippen LogP contribution is -2.28. The van der Waals surface area contributed by atoms with Crippen LogP contribution in [0.3, 0.4) is 0 Å². The number of ether oxygens (including phenoxy) is 3. The molecule has 0 aliphatic rings. The normalized spacial score (nSPS) is 11.5. The molecule has 3 N–H and O–H groups in total. The van der Waals surface area contributed by atoms with Gasteiger partial charge in [-0.15, -0.1) is 0 Å². The van der Waals surface area contributed by atoms with Crippen LogP contribution < -0.4 is 25.3 Å². The first kappa shape index (κ1) is 18.6. The third-order valence-corrected chi connectivity index (χ3v) is 3.76. The summed E-state index contributed by atoms with van der Waals surface area (Å²) in [6.45, 7) is 2.44. The van der Waals surface area contributed by atoms with Crippen LogP contribution in [0.5, 0.6) is 17.2 Å². The second-order valence-electron chi connectivity index (χ2n) is 5.40. The van der Waals surface area contributed by atoms with Crippen LogP contribution in [0.1, 0.15) is 24.1 Å². The Hall–Kier alpha value is -2.73. The second kappa shape index (κ2) is 8.94. The molecule has 0 aliphatic heterocycles. The van der Waals surface area contributed by atoms with Crippen LogP contribution in [0.2, 0.25) is 0 Å². The fraction of sp³-hybridized carbons (Fsp3) is 0.316. The van der Waals surface area contributed by atoms with Crippen LogP contribution in [0.15, 0.2) is 42.5 Å². The van der Waals surface area contributed by atoms with E-state index in [1.165, 1.54) is 0 Å². The molecule has 0 radical (unpaired) electrons. The molecule has 2 rings (SSSR count). The van der Waals surface area contributed by atoms with Gasteiger partial charge < -0.3 is 25.3 Å². The molecular weight excluding hydrogens is 320 g/mol. The Kier molecular flexibility index (Phi) is 6.65. The molecule has 1 atom stereocenters. The predicted molar refractivity (Wildman–Crippen MR) is 96.2 cm³/mol. The van der Waals surface area contributed by atoms with E-state index in [9.17, 15) is 4.79 Å². The Labute approximate surface area is 147 Å². The highest BCUT2D eigenvalue weighted by Gasteiger charge is 2.15. The number of hydrogen-bond acceptors (Lipinski definition) is 5. The molecule has 25 heavy (non-hydrogen) atoms. The average molecular weight is 344 g/mol. The van der Waals surface area contributed by atoms with Gasteiger partial charge in [0.15, 0.2) is 6.61 Å². The van der Waals surface area contributed by atoms with Crippen molar-refractivity contribution in [3.05, 3.63) is 53.6 Å². The zero-order chi connectivity index (χ0) is 18.2. The first-order valence-corrected chi connectivity index (χ1v) is 8.06. The molecule has 2 aromatic rings. The van der Waals surface area contributed by atoms with Gasteiger partial charge in [-0.3, -0.25) is 4.79 Å². The molecule has 1 amide bonds. The number of nitrogens with two attached hydrogens (primary N) is 1. The monoisotopic (exact) mass is 344 g/mol. The highest BCUT2D eigenvalue weighted by molar-refractivity contribution is 5.77. The highest BCUT2D eigenvalue weighted by atomic mass is 16.5. The van der Waals surface area contributed by atoms with Gasteiger partial charge in [-0.25, -0.2) is 0 Å². The van der Waals surface area contributed by atoms with Crippen LogP contribution in [0.4, 0.5) is 0 Å². The van der Waals surface area contributed by atoms with E-state index in [2.05, 4.69) is 5.32 Å². The smallest absolute Gasteiger partial charge is 0.257 e. The van der Waals surface area contributed by atoms with Crippen molar-refractivity contribution in [3.8, 4) is 17.2 Å². The molecule has 6 heteroatoms. The van der Waals surface area contributed by atoms with Crippen LogP contribution in [-0.2, 0) is 4.79 Å². The van der Waals surface area contributed by atoms with Crippen molar-refractivity contribution in [2.45, 2.75) is 13.0 Å². The molecule has 0 spiro atoms. The summed E-state index contributed by atoms with van der Waals surface area (Å²) in [5.74, 6) is 1.85. The van der Waals surface area contributed by atoms with Gasteiger partial charge in [-0.2, -0.15) is 0 Å². The summed E-state index contributed by atoms with van der Waals surface area (Å²) in [5, 5.41) is 2.68. The molecule has 0 saturated heterocycles. The summed E-state index contributed by atoms with van der Waals surface area (Å²) in [4.78, 5) is 11.4. The van der Waals surface area contributed by atoms with E-state index in [0.717, 1.165) is 11.1 Å². The van der Waals surface area contributed by atoms with E-state index in [0.29, 0.717) is 23.8 Å². The van der Waals surface area contributed by atoms with Crippen molar-refractivity contribution in [3.63, 3.8) is 0 Å². The summed E-state index contributed by atoms with van der Waals surface area (Å²) in [6.07, 6.45) is 0. The van der Waals surface area contributed by atoms with Crippen LogP contribution in [0, 0.1) is 0 Å². The summed E-state index contributed by atoms with van der Waals surface area (Å²) in [5.41, 5.74) is 8.14. The summed E-state index contributed by atoms with van der Waals surface area (Å²) in [6, 6.07) is 12.5. The lowest BCUT2D eigenvalue weighted by molar-refractivity contribution is -0.122.